The molecule has 98 valence electrons. The van der Waals surface area contributed by atoms with Gasteiger partial charge in [-0.1, -0.05) is 0 Å². The van der Waals surface area contributed by atoms with Gasteiger partial charge in [0.25, 0.3) is 0 Å². The largest absolute Gasteiger partial charge is 0.306 e. The van der Waals surface area contributed by atoms with Crippen molar-refractivity contribution >= 4 is 0 Å². The normalized spacial score (nSPS) is 35.3. The second-order valence-corrected chi connectivity index (χ2v) is 6.69. The monoisotopic (exact) mass is 237 g/mol. The molecule has 2 heterocycles. The minimum Gasteiger partial charge on any atom is -0.306 e. The second-order valence-electron chi connectivity index (χ2n) is 6.69. The van der Waals surface area contributed by atoms with Crippen molar-refractivity contribution in [1.82, 2.24) is 14.7 Å². The van der Waals surface area contributed by atoms with Crippen LogP contribution in [0.3, 0.4) is 0 Å². The molecule has 3 rings (SSSR count). The third-order valence-electron chi connectivity index (χ3n) is 5.28. The molecule has 1 unspecified atom stereocenters. The molecule has 3 heteroatoms. The zero-order chi connectivity index (χ0) is 11.9. The van der Waals surface area contributed by atoms with Gasteiger partial charge in [0.15, 0.2) is 0 Å². The lowest BCUT2D eigenvalue weighted by Gasteiger charge is -2.36. The van der Waals surface area contributed by atoms with Crippen LogP contribution in [0.4, 0.5) is 0 Å². The number of piperazine rings is 1. The quantitative estimate of drug-likeness (QED) is 0.724. The van der Waals surface area contributed by atoms with E-state index in [1.54, 1.807) is 0 Å². The van der Waals surface area contributed by atoms with Crippen LogP contribution in [0.15, 0.2) is 0 Å². The van der Waals surface area contributed by atoms with E-state index in [-0.39, 0.29) is 0 Å². The lowest BCUT2D eigenvalue weighted by atomic mass is 9.87. The van der Waals surface area contributed by atoms with Crippen LogP contribution in [-0.4, -0.2) is 74.6 Å². The van der Waals surface area contributed by atoms with Gasteiger partial charge in [0.2, 0.25) is 0 Å². The van der Waals surface area contributed by atoms with Gasteiger partial charge in [-0.2, -0.15) is 0 Å². The zero-order valence-corrected chi connectivity index (χ0v) is 11.5. The highest BCUT2D eigenvalue weighted by atomic mass is 15.3. The third-order valence-corrected chi connectivity index (χ3v) is 5.28. The average Bonchev–Trinajstić information content (AvgIpc) is 2.96. The predicted molar refractivity (Wildman–Crippen MR) is 71.2 cm³/mol. The van der Waals surface area contributed by atoms with Gasteiger partial charge in [0.05, 0.1) is 0 Å². The van der Waals surface area contributed by atoms with E-state index in [9.17, 15) is 0 Å². The summed E-state index contributed by atoms with van der Waals surface area (Å²) in [7, 11) is 4.53. The molecular weight excluding hydrogens is 210 g/mol. The average molecular weight is 237 g/mol. The van der Waals surface area contributed by atoms with Crippen LogP contribution >= 0.6 is 0 Å². The second kappa shape index (κ2) is 4.52. The molecule has 0 aromatic heterocycles. The van der Waals surface area contributed by atoms with Crippen molar-refractivity contribution in [1.29, 1.82) is 0 Å². The summed E-state index contributed by atoms with van der Waals surface area (Å²) in [6.45, 7) is 9.19. The van der Waals surface area contributed by atoms with Crippen LogP contribution in [0.25, 0.3) is 0 Å². The molecule has 1 saturated carbocycles. The maximum Gasteiger partial charge on any atom is 0.0110 e. The zero-order valence-electron chi connectivity index (χ0n) is 11.5. The van der Waals surface area contributed by atoms with E-state index in [0.717, 1.165) is 11.3 Å². The van der Waals surface area contributed by atoms with Crippen molar-refractivity contribution in [3.63, 3.8) is 0 Å². The van der Waals surface area contributed by atoms with Crippen molar-refractivity contribution in [2.24, 2.45) is 11.3 Å². The van der Waals surface area contributed by atoms with Gasteiger partial charge in [-0.15, -0.1) is 0 Å². The van der Waals surface area contributed by atoms with Crippen molar-refractivity contribution in [2.45, 2.75) is 19.3 Å². The van der Waals surface area contributed by atoms with Crippen LogP contribution in [0.2, 0.25) is 0 Å². The summed E-state index contributed by atoms with van der Waals surface area (Å²) in [4.78, 5) is 7.71. The van der Waals surface area contributed by atoms with E-state index in [1.165, 1.54) is 65.1 Å². The highest BCUT2D eigenvalue weighted by Gasteiger charge is 2.51. The Hall–Kier alpha value is -0.120. The van der Waals surface area contributed by atoms with Gasteiger partial charge in [0, 0.05) is 39.3 Å². The van der Waals surface area contributed by atoms with Gasteiger partial charge in [0.1, 0.15) is 0 Å². The molecule has 17 heavy (non-hydrogen) atoms. The molecule has 0 amide bonds. The summed E-state index contributed by atoms with van der Waals surface area (Å²) in [6, 6.07) is 0. The summed E-state index contributed by atoms with van der Waals surface area (Å²) in [5.74, 6) is 0.993. The van der Waals surface area contributed by atoms with Crippen molar-refractivity contribution in [3.05, 3.63) is 0 Å². The van der Waals surface area contributed by atoms with E-state index in [0.29, 0.717) is 0 Å². The van der Waals surface area contributed by atoms with Crippen LogP contribution in [0.5, 0.6) is 0 Å². The number of nitrogens with zero attached hydrogens (tertiary/aromatic N) is 3. The highest BCUT2D eigenvalue weighted by molar-refractivity contribution is 5.03. The van der Waals surface area contributed by atoms with Gasteiger partial charge in [-0.3, -0.25) is 0 Å². The minimum absolute atomic E-state index is 0.723. The van der Waals surface area contributed by atoms with Crippen LogP contribution in [-0.2, 0) is 0 Å². The smallest absolute Gasteiger partial charge is 0.0110 e. The number of likely N-dealkylation sites (N-methyl/N-ethyl adjacent to an activating group) is 1. The topological polar surface area (TPSA) is 9.72 Å². The number of hydrogen-bond donors (Lipinski definition) is 0. The molecule has 0 radical (unpaired) electrons. The molecular formula is C14H27N3. The summed E-state index contributed by atoms with van der Waals surface area (Å²) in [5, 5.41) is 0. The first-order valence-electron chi connectivity index (χ1n) is 7.27. The van der Waals surface area contributed by atoms with Crippen molar-refractivity contribution < 1.29 is 0 Å². The Balaban J connectivity index is 1.54. The Morgan fingerprint density at radius 3 is 2.18 bits per heavy atom. The Morgan fingerprint density at radius 2 is 1.65 bits per heavy atom. The first-order chi connectivity index (χ1) is 8.18. The highest BCUT2D eigenvalue weighted by Crippen LogP contribution is 2.55. The molecule has 0 aromatic carbocycles. The fourth-order valence-electron chi connectivity index (χ4n) is 3.74. The Morgan fingerprint density at radius 1 is 0.941 bits per heavy atom. The Bertz CT molecular complexity index is 267. The van der Waals surface area contributed by atoms with Gasteiger partial charge in [-0.25, -0.2) is 0 Å². The molecule has 3 aliphatic rings. The van der Waals surface area contributed by atoms with Crippen molar-refractivity contribution in [3.8, 4) is 0 Å². The maximum absolute atomic E-state index is 2.73. The third kappa shape index (κ3) is 2.51. The SMILES string of the molecule is CN1CCN(CC2(C3CCN(C)C3)CC2)CC1. The molecule has 2 aliphatic heterocycles. The number of hydrogen-bond acceptors (Lipinski definition) is 3. The van der Waals surface area contributed by atoms with Gasteiger partial charge in [-0.05, 0) is 51.2 Å². The summed E-state index contributed by atoms with van der Waals surface area (Å²) < 4.78 is 0. The molecule has 1 atom stereocenters. The molecule has 0 bridgehead atoms. The van der Waals surface area contributed by atoms with E-state index in [1.807, 2.05) is 0 Å². The molecule has 0 spiro atoms. The molecule has 2 saturated heterocycles. The number of rotatable bonds is 3. The van der Waals surface area contributed by atoms with Crippen LogP contribution < -0.4 is 0 Å². The fourth-order valence-corrected chi connectivity index (χ4v) is 3.74. The Kier molecular flexibility index (Phi) is 3.18. The van der Waals surface area contributed by atoms with Crippen LogP contribution in [0, 0.1) is 11.3 Å². The Labute approximate surface area is 106 Å². The lowest BCUT2D eigenvalue weighted by molar-refractivity contribution is 0.112. The molecule has 0 N–H and O–H groups in total. The van der Waals surface area contributed by atoms with E-state index >= 15 is 0 Å². The van der Waals surface area contributed by atoms with Crippen LogP contribution in [0.1, 0.15) is 19.3 Å². The standard InChI is InChI=1S/C14H27N3/c1-15-7-9-17(10-8-15)12-14(4-5-14)13-3-6-16(2)11-13/h13H,3-12H2,1-2H3. The van der Waals surface area contributed by atoms with Crippen molar-refractivity contribution in [2.75, 3.05) is 59.9 Å². The molecule has 0 aromatic rings. The van der Waals surface area contributed by atoms with Gasteiger partial charge >= 0.3 is 0 Å². The van der Waals surface area contributed by atoms with Gasteiger partial charge < -0.3 is 14.7 Å². The first-order valence-corrected chi connectivity index (χ1v) is 7.27. The minimum atomic E-state index is 0.723. The predicted octanol–water partition coefficient (Wildman–Crippen LogP) is 0.966. The van der Waals surface area contributed by atoms with E-state index in [4.69, 9.17) is 0 Å². The maximum atomic E-state index is 2.73. The molecule has 3 nitrogen and oxygen atoms in total. The molecule has 1 aliphatic carbocycles. The fraction of sp³-hybridized carbons (Fsp3) is 1.00. The number of likely N-dealkylation sites (tertiary alicyclic amines) is 1. The van der Waals surface area contributed by atoms with E-state index in [2.05, 4.69) is 28.8 Å². The summed E-state index contributed by atoms with van der Waals surface area (Å²) in [5.41, 5.74) is 0.723. The van der Waals surface area contributed by atoms with E-state index < -0.39 is 0 Å². The molecule has 3 fully saturated rings. The lowest BCUT2D eigenvalue weighted by Crippen LogP contribution is -2.47. The first kappa shape index (κ1) is 11.9. The summed E-state index contributed by atoms with van der Waals surface area (Å²) in [6.07, 6.45) is 4.44. The summed E-state index contributed by atoms with van der Waals surface area (Å²) >= 11 is 0.